The molecule has 0 aliphatic carbocycles. The standard InChI is InChI=1S/C14H11BrN2O2S/c1-6-3-8-5-10(17-11(8)9(15)4-6)13-16-7(2)12(20-13)14(18)19/h3-5,17H,1-2H3,(H,18,19). The number of benzene rings is 1. The van der Waals surface area contributed by atoms with Gasteiger partial charge in [-0.05, 0) is 53.5 Å². The molecule has 1 aromatic carbocycles. The van der Waals surface area contributed by atoms with Crippen molar-refractivity contribution in [3.8, 4) is 10.7 Å². The Bertz CT molecular complexity index is 835. The lowest BCUT2D eigenvalue weighted by Crippen LogP contribution is -1.94. The molecule has 0 unspecified atom stereocenters. The number of hydrogen-bond acceptors (Lipinski definition) is 3. The van der Waals surface area contributed by atoms with E-state index in [2.05, 4.69) is 32.0 Å². The third kappa shape index (κ3) is 2.14. The lowest BCUT2D eigenvalue weighted by molar-refractivity contribution is 0.0701. The number of rotatable bonds is 2. The van der Waals surface area contributed by atoms with E-state index < -0.39 is 5.97 Å². The van der Waals surface area contributed by atoms with Crippen LogP contribution in [0.2, 0.25) is 0 Å². The highest BCUT2D eigenvalue weighted by molar-refractivity contribution is 9.10. The van der Waals surface area contributed by atoms with Gasteiger partial charge in [-0.2, -0.15) is 0 Å². The van der Waals surface area contributed by atoms with Crippen molar-refractivity contribution in [3.63, 3.8) is 0 Å². The maximum Gasteiger partial charge on any atom is 0.347 e. The van der Waals surface area contributed by atoms with Crippen molar-refractivity contribution < 1.29 is 9.90 Å². The fourth-order valence-corrected chi connectivity index (χ4v) is 3.73. The molecule has 0 spiro atoms. The Balaban J connectivity index is 2.17. The molecule has 3 aromatic rings. The smallest absolute Gasteiger partial charge is 0.347 e. The van der Waals surface area contributed by atoms with Crippen LogP contribution >= 0.6 is 27.3 Å². The number of fused-ring (bicyclic) bond motifs is 1. The number of nitrogens with one attached hydrogen (secondary N) is 1. The third-order valence-electron chi connectivity index (χ3n) is 3.05. The number of nitrogens with zero attached hydrogens (tertiary/aromatic N) is 1. The van der Waals surface area contributed by atoms with Gasteiger partial charge in [0.05, 0.1) is 16.9 Å². The minimum absolute atomic E-state index is 0.286. The first-order valence-corrected chi connectivity index (χ1v) is 7.56. The maximum atomic E-state index is 11.1. The molecule has 0 amide bonds. The number of aromatic amines is 1. The number of aryl methyl sites for hydroxylation is 2. The predicted molar refractivity (Wildman–Crippen MR) is 83.5 cm³/mol. The van der Waals surface area contributed by atoms with Crippen LogP contribution in [0.4, 0.5) is 0 Å². The first-order chi connectivity index (χ1) is 9.45. The lowest BCUT2D eigenvalue weighted by atomic mass is 10.2. The Labute approximate surface area is 127 Å². The molecule has 4 nitrogen and oxygen atoms in total. The summed E-state index contributed by atoms with van der Waals surface area (Å²) >= 11 is 4.72. The van der Waals surface area contributed by atoms with Gasteiger partial charge in [0.25, 0.3) is 0 Å². The minimum atomic E-state index is -0.931. The van der Waals surface area contributed by atoms with Gasteiger partial charge in [-0.1, -0.05) is 0 Å². The SMILES string of the molecule is Cc1cc(Br)c2[nH]c(-c3nc(C)c(C(=O)O)s3)cc2c1. The van der Waals surface area contributed by atoms with Gasteiger partial charge in [-0.15, -0.1) is 11.3 Å². The Morgan fingerprint density at radius 2 is 2.10 bits per heavy atom. The highest BCUT2D eigenvalue weighted by atomic mass is 79.9. The molecule has 0 fully saturated rings. The van der Waals surface area contributed by atoms with Crippen LogP contribution in [0.25, 0.3) is 21.6 Å². The van der Waals surface area contributed by atoms with Crippen LogP contribution in [-0.2, 0) is 0 Å². The first-order valence-electron chi connectivity index (χ1n) is 5.95. The lowest BCUT2D eigenvalue weighted by Gasteiger charge is -1.96. The van der Waals surface area contributed by atoms with Crippen LogP contribution in [0.5, 0.6) is 0 Å². The molecule has 0 saturated heterocycles. The molecule has 0 aliphatic heterocycles. The zero-order valence-electron chi connectivity index (χ0n) is 10.8. The second kappa shape index (κ2) is 4.71. The van der Waals surface area contributed by atoms with E-state index in [4.69, 9.17) is 5.11 Å². The van der Waals surface area contributed by atoms with Crippen molar-refractivity contribution in [1.29, 1.82) is 0 Å². The van der Waals surface area contributed by atoms with Gasteiger partial charge in [0.15, 0.2) is 0 Å². The monoisotopic (exact) mass is 350 g/mol. The molecule has 0 saturated carbocycles. The van der Waals surface area contributed by atoms with Crippen LogP contribution in [0, 0.1) is 13.8 Å². The summed E-state index contributed by atoms with van der Waals surface area (Å²) in [7, 11) is 0. The average Bonchev–Trinajstić information content (AvgIpc) is 2.92. The van der Waals surface area contributed by atoms with Gasteiger partial charge in [0.2, 0.25) is 0 Å². The number of carboxylic acid groups (broad SMARTS) is 1. The second-order valence-corrected chi connectivity index (χ2v) is 6.49. The van der Waals surface area contributed by atoms with Crippen molar-refractivity contribution in [2.45, 2.75) is 13.8 Å². The summed E-state index contributed by atoms with van der Waals surface area (Å²) in [5.41, 5.74) is 3.55. The Morgan fingerprint density at radius 3 is 2.75 bits per heavy atom. The van der Waals surface area contributed by atoms with E-state index in [1.165, 1.54) is 11.3 Å². The number of carbonyl (C=O) groups is 1. The molecule has 2 N–H and O–H groups in total. The number of hydrogen-bond donors (Lipinski definition) is 2. The molecule has 3 rings (SSSR count). The molecular weight excluding hydrogens is 340 g/mol. The van der Waals surface area contributed by atoms with Crippen molar-refractivity contribution in [1.82, 2.24) is 9.97 Å². The Morgan fingerprint density at radius 1 is 1.35 bits per heavy atom. The van der Waals surface area contributed by atoms with E-state index in [0.717, 1.165) is 26.6 Å². The topological polar surface area (TPSA) is 66.0 Å². The van der Waals surface area contributed by atoms with Gasteiger partial charge in [-0.25, -0.2) is 9.78 Å². The van der Waals surface area contributed by atoms with Gasteiger partial charge < -0.3 is 10.1 Å². The van der Waals surface area contributed by atoms with Crippen LogP contribution in [0.15, 0.2) is 22.7 Å². The number of aromatic nitrogens is 2. The number of aromatic carboxylic acids is 1. The highest BCUT2D eigenvalue weighted by Crippen LogP contribution is 2.33. The molecule has 2 aromatic heterocycles. The van der Waals surface area contributed by atoms with E-state index >= 15 is 0 Å². The van der Waals surface area contributed by atoms with E-state index in [9.17, 15) is 4.79 Å². The summed E-state index contributed by atoms with van der Waals surface area (Å²) in [6.45, 7) is 3.75. The molecule has 20 heavy (non-hydrogen) atoms. The Kier molecular flexibility index (Phi) is 3.14. The number of H-pyrrole nitrogens is 1. The predicted octanol–water partition coefficient (Wildman–Crippen LogP) is 4.37. The molecular formula is C14H11BrN2O2S. The van der Waals surface area contributed by atoms with Crippen LogP contribution in [0.3, 0.4) is 0 Å². The second-order valence-electron chi connectivity index (χ2n) is 4.63. The summed E-state index contributed by atoms with van der Waals surface area (Å²) < 4.78 is 0.991. The average molecular weight is 351 g/mol. The van der Waals surface area contributed by atoms with Crippen LogP contribution in [0.1, 0.15) is 20.9 Å². The zero-order valence-corrected chi connectivity index (χ0v) is 13.2. The fraction of sp³-hybridized carbons (Fsp3) is 0.143. The number of halogens is 1. The minimum Gasteiger partial charge on any atom is -0.477 e. The normalized spacial score (nSPS) is 11.2. The highest BCUT2D eigenvalue weighted by Gasteiger charge is 2.16. The molecule has 0 radical (unpaired) electrons. The molecule has 102 valence electrons. The molecule has 0 bridgehead atoms. The molecule has 2 heterocycles. The quantitative estimate of drug-likeness (QED) is 0.721. The van der Waals surface area contributed by atoms with E-state index in [1.807, 2.05) is 19.1 Å². The largest absolute Gasteiger partial charge is 0.477 e. The fourth-order valence-electron chi connectivity index (χ4n) is 2.17. The zero-order chi connectivity index (χ0) is 14.4. The van der Waals surface area contributed by atoms with Gasteiger partial charge >= 0.3 is 5.97 Å². The van der Waals surface area contributed by atoms with Crippen molar-refractivity contribution >= 4 is 44.1 Å². The summed E-state index contributed by atoms with van der Waals surface area (Å²) in [5.74, 6) is -0.931. The van der Waals surface area contributed by atoms with Crippen molar-refractivity contribution in [2.24, 2.45) is 0 Å². The number of thiazole rings is 1. The third-order valence-corrected chi connectivity index (χ3v) is 4.85. The van der Waals surface area contributed by atoms with Crippen LogP contribution in [-0.4, -0.2) is 21.0 Å². The summed E-state index contributed by atoms with van der Waals surface area (Å²) in [6.07, 6.45) is 0. The molecule has 0 atom stereocenters. The van der Waals surface area contributed by atoms with E-state index in [0.29, 0.717) is 10.7 Å². The summed E-state index contributed by atoms with van der Waals surface area (Å²) in [6, 6.07) is 6.12. The summed E-state index contributed by atoms with van der Waals surface area (Å²) in [5, 5.41) is 10.9. The van der Waals surface area contributed by atoms with Gasteiger partial charge in [0, 0.05) is 9.86 Å². The number of carboxylic acids is 1. The maximum absolute atomic E-state index is 11.1. The first kappa shape index (κ1) is 13.3. The van der Waals surface area contributed by atoms with Crippen molar-refractivity contribution in [3.05, 3.63) is 38.8 Å². The van der Waals surface area contributed by atoms with Crippen molar-refractivity contribution in [2.75, 3.05) is 0 Å². The van der Waals surface area contributed by atoms with Gasteiger partial charge in [0.1, 0.15) is 9.88 Å². The summed E-state index contributed by atoms with van der Waals surface area (Å²) in [4.78, 5) is 19.0. The van der Waals surface area contributed by atoms with Gasteiger partial charge in [-0.3, -0.25) is 0 Å². The van der Waals surface area contributed by atoms with Crippen LogP contribution < -0.4 is 0 Å². The van der Waals surface area contributed by atoms with E-state index in [1.54, 1.807) is 6.92 Å². The Hall–Kier alpha value is -1.66. The molecule has 6 heteroatoms. The van der Waals surface area contributed by atoms with E-state index in [-0.39, 0.29) is 4.88 Å². The molecule has 0 aliphatic rings.